The maximum atomic E-state index is 5.82. The van der Waals surface area contributed by atoms with Gasteiger partial charge in [0.15, 0.2) is 0 Å². The average molecular weight is 267 g/mol. The summed E-state index contributed by atoms with van der Waals surface area (Å²) in [7, 11) is 0. The van der Waals surface area contributed by atoms with E-state index in [1.54, 1.807) is 10.9 Å². The molecule has 0 spiro atoms. The molecule has 0 fully saturated rings. The summed E-state index contributed by atoms with van der Waals surface area (Å²) in [4.78, 5) is 0. The van der Waals surface area contributed by atoms with Crippen molar-refractivity contribution in [1.82, 2.24) is 15.0 Å². The second kappa shape index (κ2) is 4.12. The zero-order valence-corrected chi connectivity index (χ0v) is 9.85. The molecule has 1 aromatic carbocycles. The van der Waals surface area contributed by atoms with Crippen molar-refractivity contribution in [3.05, 3.63) is 40.6 Å². The minimum atomic E-state index is -0.0800. The van der Waals surface area contributed by atoms with Gasteiger partial charge in [-0.25, -0.2) is 4.68 Å². The van der Waals surface area contributed by atoms with Crippen LogP contribution in [0.5, 0.6) is 0 Å². The van der Waals surface area contributed by atoms with Crippen molar-refractivity contribution in [2.75, 3.05) is 0 Å². The van der Waals surface area contributed by atoms with Gasteiger partial charge in [0.2, 0.25) is 0 Å². The number of hydrogen-bond donors (Lipinski definition) is 1. The number of rotatable bonds is 2. The second-order valence-corrected chi connectivity index (χ2v) is 4.25. The number of nitrogens with zero attached hydrogens (tertiary/aromatic N) is 3. The number of benzene rings is 1. The number of halogens is 1. The smallest absolute Gasteiger partial charge is 0.0810 e. The molecule has 0 saturated heterocycles. The molecule has 2 rings (SSSR count). The Bertz CT molecular complexity index is 447. The lowest BCUT2D eigenvalue weighted by atomic mass is 10.2. The van der Waals surface area contributed by atoms with Crippen molar-refractivity contribution in [2.24, 2.45) is 5.73 Å². The first-order chi connectivity index (χ1) is 7.18. The van der Waals surface area contributed by atoms with Crippen LogP contribution in [0.15, 0.2) is 34.9 Å². The van der Waals surface area contributed by atoms with Crippen LogP contribution in [0.25, 0.3) is 5.69 Å². The van der Waals surface area contributed by atoms with Crippen LogP contribution in [0.1, 0.15) is 18.7 Å². The fourth-order valence-corrected chi connectivity index (χ4v) is 1.60. The van der Waals surface area contributed by atoms with Gasteiger partial charge in [0.1, 0.15) is 0 Å². The predicted molar refractivity (Wildman–Crippen MR) is 61.7 cm³/mol. The highest BCUT2D eigenvalue weighted by atomic mass is 79.9. The van der Waals surface area contributed by atoms with E-state index in [0.717, 1.165) is 15.9 Å². The second-order valence-electron chi connectivity index (χ2n) is 3.34. The van der Waals surface area contributed by atoms with Crippen LogP contribution in [0, 0.1) is 0 Å². The highest BCUT2D eigenvalue weighted by molar-refractivity contribution is 9.10. The summed E-state index contributed by atoms with van der Waals surface area (Å²) >= 11 is 3.39. The lowest BCUT2D eigenvalue weighted by Crippen LogP contribution is -2.11. The van der Waals surface area contributed by atoms with Crippen LogP contribution in [-0.2, 0) is 0 Å². The van der Waals surface area contributed by atoms with E-state index in [1.165, 1.54) is 0 Å². The van der Waals surface area contributed by atoms with Crippen molar-refractivity contribution in [3.8, 4) is 5.69 Å². The Hall–Kier alpha value is -1.20. The number of nitrogens with two attached hydrogens (primary N) is 1. The maximum Gasteiger partial charge on any atom is 0.0810 e. The van der Waals surface area contributed by atoms with Crippen LogP contribution in [-0.4, -0.2) is 15.0 Å². The van der Waals surface area contributed by atoms with Gasteiger partial charge in [-0.1, -0.05) is 21.1 Å². The fraction of sp³-hybridized carbons (Fsp3) is 0.200. The SMILES string of the molecule is CC(N)c1cnnn1-c1ccc(Br)cc1. The summed E-state index contributed by atoms with van der Waals surface area (Å²) < 4.78 is 2.78. The van der Waals surface area contributed by atoms with E-state index in [-0.39, 0.29) is 6.04 Å². The van der Waals surface area contributed by atoms with Gasteiger partial charge in [0, 0.05) is 10.5 Å². The molecule has 2 N–H and O–H groups in total. The molecule has 0 amide bonds. The molecule has 2 aromatic rings. The molecular formula is C10H11BrN4. The summed E-state index contributed by atoms with van der Waals surface area (Å²) in [5.74, 6) is 0. The van der Waals surface area contributed by atoms with Gasteiger partial charge in [-0.05, 0) is 31.2 Å². The van der Waals surface area contributed by atoms with Gasteiger partial charge < -0.3 is 5.73 Å². The first-order valence-corrected chi connectivity index (χ1v) is 5.40. The van der Waals surface area contributed by atoms with E-state index in [4.69, 9.17) is 5.73 Å². The molecule has 1 aromatic heterocycles. The summed E-state index contributed by atoms with van der Waals surface area (Å²) in [6, 6.07) is 7.77. The van der Waals surface area contributed by atoms with E-state index in [9.17, 15) is 0 Å². The van der Waals surface area contributed by atoms with Crippen molar-refractivity contribution in [1.29, 1.82) is 0 Å². The van der Waals surface area contributed by atoms with E-state index in [2.05, 4.69) is 26.2 Å². The topological polar surface area (TPSA) is 56.7 Å². The summed E-state index contributed by atoms with van der Waals surface area (Å²) in [5.41, 5.74) is 7.68. The summed E-state index contributed by atoms with van der Waals surface area (Å²) in [6.07, 6.45) is 1.69. The quantitative estimate of drug-likeness (QED) is 0.905. The molecule has 15 heavy (non-hydrogen) atoms. The monoisotopic (exact) mass is 266 g/mol. The third-order valence-electron chi connectivity index (χ3n) is 2.11. The minimum Gasteiger partial charge on any atom is -0.323 e. The Morgan fingerprint density at radius 3 is 2.60 bits per heavy atom. The lowest BCUT2D eigenvalue weighted by Gasteiger charge is -2.08. The first-order valence-electron chi connectivity index (χ1n) is 4.60. The molecule has 1 heterocycles. The maximum absolute atomic E-state index is 5.82. The van der Waals surface area contributed by atoms with Gasteiger partial charge in [0.05, 0.1) is 17.6 Å². The van der Waals surface area contributed by atoms with Gasteiger partial charge in [-0.3, -0.25) is 0 Å². The predicted octanol–water partition coefficient (Wildman–Crippen LogP) is 2.05. The molecule has 1 atom stereocenters. The number of hydrogen-bond acceptors (Lipinski definition) is 3. The Kier molecular flexibility index (Phi) is 2.83. The largest absolute Gasteiger partial charge is 0.323 e. The molecule has 0 saturated carbocycles. The van der Waals surface area contributed by atoms with Gasteiger partial charge in [0.25, 0.3) is 0 Å². The van der Waals surface area contributed by atoms with Crippen LogP contribution >= 0.6 is 15.9 Å². The van der Waals surface area contributed by atoms with Crippen molar-refractivity contribution in [2.45, 2.75) is 13.0 Å². The average Bonchev–Trinajstić information content (AvgIpc) is 2.67. The molecule has 0 aliphatic carbocycles. The van der Waals surface area contributed by atoms with Crippen molar-refractivity contribution < 1.29 is 0 Å². The van der Waals surface area contributed by atoms with E-state index < -0.39 is 0 Å². The van der Waals surface area contributed by atoms with Gasteiger partial charge in [-0.2, -0.15) is 0 Å². The van der Waals surface area contributed by atoms with Gasteiger partial charge in [-0.15, -0.1) is 5.10 Å². The highest BCUT2D eigenvalue weighted by Crippen LogP contribution is 2.16. The zero-order chi connectivity index (χ0) is 10.8. The van der Waals surface area contributed by atoms with E-state index in [0.29, 0.717) is 0 Å². The Morgan fingerprint density at radius 2 is 2.00 bits per heavy atom. The van der Waals surface area contributed by atoms with Crippen molar-refractivity contribution in [3.63, 3.8) is 0 Å². The molecule has 4 nitrogen and oxygen atoms in total. The third kappa shape index (κ3) is 2.08. The molecule has 0 aliphatic heterocycles. The lowest BCUT2D eigenvalue weighted by molar-refractivity contribution is 0.697. The number of aromatic nitrogens is 3. The van der Waals surface area contributed by atoms with Gasteiger partial charge >= 0.3 is 0 Å². The normalized spacial score (nSPS) is 12.7. The molecule has 1 unspecified atom stereocenters. The van der Waals surface area contributed by atoms with E-state index >= 15 is 0 Å². The molecule has 0 aliphatic rings. The molecule has 0 bridgehead atoms. The summed E-state index contributed by atoms with van der Waals surface area (Å²) in [5, 5.41) is 7.87. The fourth-order valence-electron chi connectivity index (χ4n) is 1.34. The van der Waals surface area contributed by atoms with Crippen LogP contribution in [0.4, 0.5) is 0 Å². The van der Waals surface area contributed by atoms with E-state index in [1.807, 2.05) is 31.2 Å². The Morgan fingerprint density at radius 1 is 1.33 bits per heavy atom. The molecule has 0 radical (unpaired) electrons. The van der Waals surface area contributed by atoms with Crippen molar-refractivity contribution >= 4 is 15.9 Å². The van der Waals surface area contributed by atoms with Crippen LogP contribution in [0.2, 0.25) is 0 Å². The standard InChI is InChI=1S/C10H11BrN4/c1-7(12)10-6-13-14-15(10)9-4-2-8(11)3-5-9/h2-7H,12H2,1H3. The minimum absolute atomic E-state index is 0.0800. The first kappa shape index (κ1) is 10.3. The highest BCUT2D eigenvalue weighted by Gasteiger charge is 2.09. The Labute approximate surface area is 96.2 Å². The Balaban J connectivity index is 2.45. The zero-order valence-electron chi connectivity index (χ0n) is 8.26. The molecule has 78 valence electrons. The van der Waals surface area contributed by atoms with Crippen LogP contribution < -0.4 is 5.73 Å². The third-order valence-corrected chi connectivity index (χ3v) is 2.64. The molecular weight excluding hydrogens is 256 g/mol. The van der Waals surface area contributed by atoms with Crippen LogP contribution in [0.3, 0.4) is 0 Å². The molecule has 5 heteroatoms. The summed E-state index contributed by atoms with van der Waals surface area (Å²) in [6.45, 7) is 1.91.